The van der Waals surface area contributed by atoms with Crippen molar-refractivity contribution in [3.8, 4) is 5.75 Å². The average Bonchev–Trinajstić information content (AvgIpc) is 2.89. The smallest absolute Gasteiger partial charge is 0.305 e. The maximum absolute atomic E-state index is 12.7. The molecule has 2 aliphatic rings. The first-order chi connectivity index (χ1) is 13.4. The van der Waals surface area contributed by atoms with E-state index in [0.717, 1.165) is 4.90 Å². The van der Waals surface area contributed by atoms with E-state index < -0.39 is 35.6 Å². The summed E-state index contributed by atoms with van der Waals surface area (Å²) in [6, 6.07) is 3.37. The van der Waals surface area contributed by atoms with Crippen LogP contribution in [0, 0.1) is 0 Å². The Morgan fingerprint density at radius 2 is 1.86 bits per heavy atom. The maximum atomic E-state index is 12.7. The number of nitrogens with one attached hydrogen (secondary N) is 1. The zero-order valence-electron chi connectivity index (χ0n) is 14.8. The molecule has 10 heteroatoms. The van der Waals surface area contributed by atoms with E-state index in [1.54, 1.807) is 0 Å². The van der Waals surface area contributed by atoms with E-state index in [-0.39, 0.29) is 50.2 Å². The molecule has 3 rings (SSSR count). The Morgan fingerprint density at radius 1 is 1.11 bits per heavy atom. The molecule has 10 nitrogen and oxygen atoms in total. The molecule has 0 spiro atoms. The van der Waals surface area contributed by atoms with Crippen molar-refractivity contribution in [2.45, 2.75) is 25.3 Å². The minimum Gasteiger partial charge on any atom is -0.491 e. The third kappa shape index (κ3) is 4.01. The number of carbonyl (C=O) groups excluding carboxylic acids is 4. The molecule has 4 amide bonds. The molecule has 1 saturated heterocycles. The number of carboxylic acid groups (broad SMARTS) is 1. The van der Waals surface area contributed by atoms with Crippen LogP contribution in [0.15, 0.2) is 18.2 Å². The quantitative estimate of drug-likeness (QED) is 0.465. The number of carbonyl (C=O) groups is 5. The highest BCUT2D eigenvalue weighted by Crippen LogP contribution is 2.30. The summed E-state index contributed by atoms with van der Waals surface area (Å²) < 4.78 is 10.6. The summed E-state index contributed by atoms with van der Waals surface area (Å²) in [6.07, 6.45) is 0.0405. The van der Waals surface area contributed by atoms with Crippen LogP contribution in [0.5, 0.6) is 5.75 Å². The topological polar surface area (TPSA) is 139 Å². The Morgan fingerprint density at radius 3 is 2.57 bits per heavy atom. The largest absolute Gasteiger partial charge is 0.491 e. The Hall–Kier alpha value is -3.27. The number of fused-ring (bicyclic) bond motifs is 1. The van der Waals surface area contributed by atoms with Crippen molar-refractivity contribution in [1.82, 2.24) is 10.2 Å². The van der Waals surface area contributed by atoms with E-state index in [2.05, 4.69) is 5.32 Å². The third-order valence-electron chi connectivity index (χ3n) is 4.37. The van der Waals surface area contributed by atoms with Gasteiger partial charge in [0.15, 0.2) is 0 Å². The van der Waals surface area contributed by atoms with Gasteiger partial charge in [0.05, 0.1) is 30.8 Å². The van der Waals surface area contributed by atoms with Gasteiger partial charge in [-0.1, -0.05) is 0 Å². The summed E-state index contributed by atoms with van der Waals surface area (Å²) in [7, 11) is 0. The van der Waals surface area contributed by atoms with Crippen LogP contribution in [0.1, 0.15) is 40.0 Å². The predicted molar refractivity (Wildman–Crippen MR) is 91.7 cm³/mol. The fourth-order valence-electron chi connectivity index (χ4n) is 3.02. The van der Waals surface area contributed by atoms with E-state index in [1.165, 1.54) is 18.2 Å². The van der Waals surface area contributed by atoms with Gasteiger partial charge >= 0.3 is 5.97 Å². The normalized spacial score (nSPS) is 18.9. The van der Waals surface area contributed by atoms with Crippen molar-refractivity contribution in [2.75, 3.05) is 19.8 Å². The van der Waals surface area contributed by atoms with Gasteiger partial charge in [-0.3, -0.25) is 34.2 Å². The Labute approximate surface area is 159 Å². The summed E-state index contributed by atoms with van der Waals surface area (Å²) in [5.74, 6) is -2.91. The minimum absolute atomic E-state index is 0.0556. The fourth-order valence-corrected chi connectivity index (χ4v) is 3.02. The first kappa shape index (κ1) is 19.5. The molecule has 0 aromatic heterocycles. The molecule has 0 aliphatic carbocycles. The van der Waals surface area contributed by atoms with Crippen LogP contribution in [0.4, 0.5) is 0 Å². The van der Waals surface area contributed by atoms with Gasteiger partial charge in [0.2, 0.25) is 11.8 Å². The number of aliphatic carboxylic acids is 1. The fraction of sp³-hybridized carbons (Fsp3) is 0.389. The number of piperidine rings is 1. The second-order valence-electron chi connectivity index (χ2n) is 6.26. The summed E-state index contributed by atoms with van der Waals surface area (Å²) in [6.45, 7) is 0.369. The molecule has 0 saturated carbocycles. The molecule has 1 aromatic carbocycles. The van der Waals surface area contributed by atoms with Crippen LogP contribution in [0.25, 0.3) is 0 Å². The molecule has 2 aliphatic heterocycles. The van der Waals surface area contributed by atoms with Crippen LogP contribution in [-0.2, 0) is 19.1 Å². The Kier molecular flexibility index (Phi) is 5.69. The molecule has 148 valence electrons. The Balaban J connectivity index is 1.62. The summed E-state index contributed by atoms with van der Waals surface area (Å²) in [5, 5.41) is 10.7. The summed E-state index contributed by atoms with van der Waals surface area (Å²) in [4.78, 5) is 59.8. The minimum atomic E-state index is -1.02. The highest BCUT2D eigenvalue weighted by molar-refractivity contribution is 6.23. The van der Waals surface area contributed by atoms with Gasteiger partial charge in [-0.2, -0.15) is 0 Å². The molecule has 2 N–H and O–H groups in total. The molecule has 2 heterocycles. The molecular formula is C18H18N2O8. The lowest BCUT2D eigenvalue weighted by atomic mass is 10.0. The molecule has 1 unspecified atom stereocenters. The van der Waals surface area contributed by atoms with Crippen LogP contribution in [0.3, 0.4) is 0 Å². The highest BCUT2D eigenvalue weighted by atomic mass is 16.5. The molecular weight excluding hydrogens is 372 g/mol. The first-order valence-electron chi connectivity index (χ1n) is 8.66. The first-order valence-corrected chi connectivity index (χ1v) is 8.66. The number of imide groups is 2. The number of hydrogen-bond acceptors (Lipinski definition) is 7. The van der Waals surface area contributed by atoms with Gasteiger partial charge in [0.25, 0.3) is 11.8 Å². The van der Waals surface area contributed by atoms with Gasteiger partial charge in [-0.25, -0.2) is 0 Å². The monoisotopic (exact) mass is 390 g/mol. The van der Waals surface area contributed by atoms with Gasteiger partial charge in [0, 0.05) is 6.42 Å². The highest BCUT2D eigenvalue weighted by Gasteiger charge is 2.44. The van der Waals surface area contributed by atoms with E-state index in [4.69, 9.17) is 14.6 Å². The van der Waals surface area contributed by atoms with Gasteiger partial charge in [0.1, 0.15) is 18.4 Å². The van der Waals surface area contributed by atoms with Gasteiger partial charge in [-0.05, 0) is 24.6 Å². The number of carboxylic acids is 1. The molecule has 1 fully saturated rings. The zero-order chi connectivity index (χ0) is 20.3. The van der Waals surface area contributed by atoms with E-state index in [1.807, 2.05) is 0 Å². The number of benzene rings is 1. The van der Waals surface area contributed by atoms with Crippen molar-refractivity contribution in [2.24, 2.45) is 0 Å². The van der Waals surface area contributed by atoms with Crippen molar-refractivity contribution in [3.05, 3.63) is 29.3 Å². The van der Waals surface area contributed by atoms with E-state index in [9.17, 15) is 24.0 Å². The lowest BCUT2D eigenvalue weighted by Gasteiger charge is -2.27. The number of hydrogen-bond donors (Lipinski definition) is 2. The SMILES string of the molecule is O=C(O)CCOCCOc1ccc2c(c1)C(=O)N(C1CCC(=O)NC1=O)C2=O. The lowest BCUT2D eigenvalue weighted by molar-refractivity contribution is -0.138. The van der Waals surface area contributed by atoms with Crippen LogP contribution < -0.4 is 10.1 Å². The molecule has 0 bridgehead atoms. The summed E-state index contributed by atoms with van der Waals surface area (Å²) >= 11 is 0. The maximum Gasteiger partial charge on any atom is 0.305 e. The van der Waals surface area contributed by atoms with Crippen molar-refractivity contribution in [3.63, 3.8) is 0 Å². The van der Waals surface area contributed by atoms with Gasteiger partial charge < -0.3 is 14.6 Å². The second-order valence-corrected chi connectivity index (χ2v) is 6.26. The van der Waals surface area contributed by atoms with Crippen molar-refractivity contribution in [1.29, 1.82) is 0 Å². The summed E-state index contributed by atoms with van der Waals surface area (Å²) in [5.41, 5.74) is 0.291. The molecule has 1 aromatic rings. The number of rotatable bonds is 8. The van der Waals surface area contributed by atoms with Gasteiger partial charge in [-0.15, -0.1) is 0 Å². The predicted octanol–water partition coefficient (Wildman–Crippen LogP) is -0.0421. The number of nitrogens with zero attached hydrogens (tertiary/aromatic N) is 1. The lowest BCUT2D eigenvalue weighted by Crippen LogP contribution is -2.54. The van der Waals surface area contributed by atoms with E-state index in [0.29, 0.717) is 5.75 Å². The molecule has 0 radical (unpaired) electrons. The van der Waals surface area contributed by atoms with Crippen LogP contribution >= 0.6 is 0 Å². The zero-order valence-corrected chi connectivity index (χ0v) is 14.8. The van der Waals surface area contributed by atoms with Crippen LogP contribution in [0.2, 0.25) is 0 Å². The number of ether oxygens (including phenoxy) is 2. The second kappa shape index (κ2) is 8.17. The van der Waals surface area contributed by atoms with Crippen molar-refractivity contribution < 1.29 is 38.6 Å². The molecule has 1 atom stereocenters. The van der Waals surface area contributed by atoms with Crippen molar-refractivity contribution >= 4 is 29.6 Å². The standard InChI is InChI=1S/C18H18N2O8/c21-14-4-3-13(16(24)19-14)20-17(25)11-2-1-10(9-12(11)18(20)26)28-8-7-27-6-5-15(22)23/h1-2,9,13H,3-8H2,(H,22,23)(H,19,21,24). The number of amides is 4. The average molecular weight is 390 g/mol. The van der Waals surface area contributed by atoms with E-state index >= 15 is 0 Å². The Bertz CT molecular complexity index is 850. The molecule has 28 heavy (non-hydrogen) atoms. The van der Waals surface area contributed by atoms with Crippen LogP contribution in [-0.4, -0.2) is 65.5 Å². The third-order valence-corrected chi connectivity index (χ3v) is 4.37.